The molecule has 1 atom stereocenters. The number of benzene rings is 1. The summed E-state index contributed by atoms with van der Waals surface area (Å²) in [5.41, 5.74) is 7.40. The number of aromatic hydroxyl groups is 1. The molecule has 0 spiro atoms. The largest absolute Gasteiger partial charge is 0.507 e. The number of phenolic OH excluding ortho intramolecular Hbond substituents is 1. The van der Waals surface area contributed by atoms with Crippen LogP contribution in [-0.4, -0.2) is 16.2 Å². The van der Waals surface area contributed by atoms with Crippen LogP contribution in [0.25, 0.3) is 0 Å². The predicted octanol–water partition coefficient (Wildman–Crippen LogP) is 2.62. The number of aryl methyl sites for hydroxylation is 1. The molecule has 0 bridgehead atoms. The summed E-state index contributed by atoms with van der Waals surface area (Å²) in [6, 6.07) is 2.70. The number of carbonyl (C=O) groups is 1. The van der Waals surface area contributed by atoms with Gasteiger partial charge in [-0.05, 0) is 43.4 Å². The van der Waals surface area contributed by atoms with Gasteiger partial charge in [-0.25, -0.2) is 4.79 Å². The van der Waals surface area contributed by atoms with Crippen LogP contribution in [0.2, 0.25) is 0 Å². The van der Waals surface area contributed by atoms with Crippen LogP contribution in [0.1, 0.15) is 46.8 Å². The number of hydrogen-bond acceptors (Lipinski definition) is 3. The van der Waals surface area contributed by atoms with Gasteiger partial charge in [0.15, 0.2) is 0 Å². The van der Waals surface area contributed by atoms with Crippen LogP contribution in [0.5, 0.6) is 5.75 Å². The molecular formula is C13H18ClNO3. The van der Waals surface area contributed by atoms with Gasteiger partial charge in [0.25, 0.3) is 0 Å². The van der Waals surface area contributed by atoms with E-state index in [1.807, 2.05) is 0 Å². The normalized spacial score (nSPS) is 16.6. The van der Waals surface area contributed by atoms with E-state index in [0.717, 1.165) is 19.3 Å². The van der Waals surface area contributed by atoms with Crippen LogP contribution in [0, 0.1) is 12.8 Å². The Labute approximate surface area is 112 Å². The SMILES string of the molecule is Cc1cc(C(=O)O)cc([C@H](N)C2CCC2)c1O.Cl. The van der Waals surface area contributed by atoms with Crippen LogP contribution in [0.3, 0.4) is 0 Å². The molecule has 1 aliphatic rings. The fraction of sp³-hybridized carbons (Fsp3) is 0.462. The highest BCUT2D eigenvalue weighted by molar-refractivity contribution is 5.88. The van der Waals surface area contributed by atoms with E-state index in [-0.39, 0.29) is 29.8 Å². The van der Waals surface area contributed by atoms with Crippen LogP contribution in [-0.2, 0) is 0 Å². The highest BCUT2D eigenvalue weighted by Gasteiger charge is 2.28. The summed E-state index contributed by atoms with van der Waals surface area (Å²) in [6.45, 7) is 1.69. The van der Waals surface area contributed by atoms with Gasteiger partial charge in [0.2, 0.25) is 0 Å². The highest BCUT2D eigenvalue weighted by Crippen LogP contribution is 2.40. The molecule has 1 aliphatic carbocycles. The maximum Gasteiger partial charge on any atom is 0.335 e. The number of nitrogens with two attached hydrogens (primary N) is 1. The van der Waals surface area contributed by atoms with Crippen molar-refractivity contribution in [3.8, 4) is 5.75 Å². The maximum atomic E-state index is 11.0. The van der Waals surface area contributed by atoms with Crippen molar-refractivity contribution in [2.75, 3.05) is 0 Å². The molecule has 1 saturated carbocycles. The average Bonchev–Trinajstić information content (AvgIpc) is 2.18. The van der Waals surface area contributed by atoms with Gasteiger partial charge in [-0.3, -0.25) is 0 Å². The third-order valence-corrected chi connectivity index (χ3v) is 3.59. The van der Waals surface area contributed by atoms with Crippen molar-refractivity contribution in [3.05, 3.63) is 28.8 Å². The Morgan fingerprint density at radius 1 is 1.44 bits per heavy atom. The van der Waals surface area contributed by atoms with Gasteiger partial charge < -0.3 is 15.9 Å². The van der Waals surface area contributed by atoms with E-state index in [1.165, 1.54) is 12.1 Å². The Bertz CT molecular complexity index is 458. The zero-order valence-corrected chi connectivity index (χ0v) is 11.0. The quantitative estimate of drug-likeness (QED) is 0.789. The van der Waals surface area contributed by atoms with Gasteiger partial charge in [0.1, 0.15) is 5.75 Å². The Morgan fingerprint density at radius 2 is 2.06 bits per heavy atom. The first-order chi connectivity index (χ1) is 8.00. The van der Waals surface area contributed by atoms with Crippen LogP contribution < -0.4 is 5.73 Å². The second-order valence-electron chi connectivity index (χ2n) is 4.75. The number of halogens is 1. The summed E-state index contributed by atoms with van der Waals surface area (Å²) >= 11 is 0. The third kappa shape index (κ3) is 2.60. The van der Waals surface area contributed by atoms with Crippen LogP contribution in [0.4, 0.5) is 0 Å². The summed E-state index contributed by atoms with van der Waals surface area (Å²) < 4.78 is 0. The lowest BCUT2D eigenvalue weighted by Crippen LogP contribution is -2.27. The zero-order valence-electron chi connectivity index (χ0n) is 10.2. The standard InChI is InChI=1S/C13H17NO3.ClH/c1-7-5-9(13(16)17)6-10(12(7)15)11(14)8-3-2-4-8;/h5-6,8,11,15H,2-4,14H2,1H3,(H,16,17);1H/t11-;/m1./s1. The number of hydrogen-bond donors (Lipinski definition) is 3. The first kappa shape index (κ1) is 14.8. The second kappa shape index (κ2) is 5.59. The topological polar surface area (TPSA) is 83.5 Å². The number of phenols is 1. The summed E-state index contributed by atoms with van der Waals surface area (Å²) in [7, 11) is 0. The van der Waals surface area contributed by atoms with Crippen LogP contribution >= 0.6 is 12.4 Å². The van der Waals surface area contributed by atoms with Crippen molar-refractivity contribution in [1.82, 2.24) is 0 Å². The van der Waals surface area contributed by atoms with E-state index >= 15 is 0 Å². The van der Waals surface area contributed by atoms with Gasteiger partial charge >= 0.3 is 5.97 Å². The number of carboxylic acid groups (broad SMARTS) is 1. The smallest absolute Gasteiger partial charge is 0.335 e. The van der Waals surface area contributed by atoms with Crippen molar-refractivity contribution in [3.63, 3.8) is 0 Å². The Hall–Kier alpha value is -1.26. The first-order valence-electron chi connectivity index (χ1n) is 5.83. The van der Waals surface area contributed by atoms with E-state index < -0.39 is 5.97 Å². The molecule has 0 amide bonds. The maximum absolute atomic E-state index is 11.0. The van der Waals surface area contributed by atoms with Crippen LogP contribution in [0.15, 0.2) is 12.1 Å². The highest BCUT2D eigenvalue weighted by atomic mass is 35.5. The molecule has 1 aromatic carbocycles. The minimum absolute atomic E-state index is 0. The molecule has 1 fully saturated rings. The molecule has 0 unspecified atom stereocenters. The predicted molar refractivity (Wildman–Crippen MR) is 71.3 cm³/mol. The molecule has 0 aliphatic heterocycles. The second-order valence-corrected chi connectivity index (χ2v) is 4.75. The first-order valence-corrected chi connectivity index (χ1v) is 5.83. The van der Waals surface area contributed by atoms with E-state index in [4.69, 9.17) is 10.8 Å². The Balaban J connectivity index is 0.00000162. The Morgan fingerprint density at radius 3 is 2.50 bits per heavy atom. The van der Waals surface area contributed by atoms with Crippen molar-refractivity contribution in [2.24, 2.45) is 11.7 Å². The summed E-state index contributed by atoms with van der Waals surface area (Å²) in [6.07, 6.45) is 3.27. The molecule has 0 heterocycles. The Kier molecular flexibility index (Phi) is 4.59. The summed E-state index contributed by atoms with van der Waals surface area (Å²) in [5.74, 6) is -0.492. The molecule has 18 heavy (non-hydrogen) atoms. The monoisotopic (exact) mass is 271 g/mol. The number of carboxylic acids is 1. The molecule has 2 rings (SSSR count). The molecule has 0 aromatic heterocycles. The molecule has 5 heteroatoms. The summed E-state index contributed by atoms with van der Waals surface area (Å²) in [5, 5.41) is 19.0. The lowest BCUT2D eigenvalue weighted by Gasteiger charge is -2.32. The molecular weight excluding hydrogens is 254 g/mol. The fourth-order valence-electron chi connectivity index (χ4n) is 2.24. The molecule has 100 valence electrons. The molecule has 4 nitrogen and oxygen atoms in total. The minimum Gasteiger partial charge on any atom is -0.507 e. The molecule has 1 aromatic rings. The van der Waals surface area contributed by atoms with Gasteiger partial charge in [-0.15, -0.1) is 12.4 Å². The average molecular weight is 272 g/mol. The van der Waals surface area contributed by atoms with Gasteiger partial charge in [-0.1, -0.05) is 6.42 Å². The van der Waals surface area contributed by atoms with E-state index in [0.29, 0.717) is 17.0 Å². The van der Waals surface area contributed by atoms with Crippen molar-refractivity contribution >= 4 is 18.4 Å². The fourth-order valence-corrected chi connectivity index (χ4v) is 2.24. The number of rotatable bonds is 3. The van der Waals surface area contributed by atoms with E-state index in [2.05, 4.69) is 0 Å². The number of aromatic carboxylic acids is 1. The minimum atomic E-state index is -0.991. The lowest BCUT2D eigenvalue weighted by atomic mass is 9.77. The molecule has 0 radical (unpaired) electrons. The van der Waals surface area contributed by atoms with Crippen molar-refractivity contribution in [1.29, 1.82) is 0 Å². The molecule has 0 saturated heterocycles. The van der Waals surface area contributed by atoms with Crippen molar-refractivity contribution in [2.45, 2.75) is 32.2 Å². The van der Waals surface area contributed by atoms with Gasteiger partial charge in [0, 0.05) is 11.6 Å². The molecule has 4 N–H and O–H groups in total. The lowest BCUT2D eigenvalue weighted by molar-refractivity contribution is 0.0696. The summed E-state index contributed by atoms with van der Waals surface area (Å²) in [4.78, 5) is 11.0. The zero-order chi connectivity index (χ0) is 12.6. The van der Waals surface area contributed by atoms with E-state index in [9.17, 15) is 9.90 Å². The van der Waals surface area contributed by atoms with E-state index in [1.54, 1.807) is 6.92 Å². The third-order valence-electron chi connectivity index (χ3n) is 3.59. The van der Waals surface area contributed by atoms with Gasteiger partial charge in [0.05, 0.1) is 5.56 Å². The van der Waals surface area contributed by atoms with Gasteiger partial charge in [-0.2, -0.15) is 0 Å². The van der Waals surface area contributed by atoms with Crippen molar-refractivity contribution < 1.29 is 15.0 Å².